The molecule has 2 amide bonds. The van der Waals surface area contributed by atoms with E-state index in [0.29, 0.717) is 29.4 Å². The first-order chi connectivity index (χ1) is 13.2. The molecule has 2 aromatic heterocycles. The summed E-state index contributed by atoms with van der Waals surface area (Å²) in [5.41, 5.74) is 12.6. The fourth-order valence-electron chi connectivity index (χ4n) is 2.71. The van der Waals surface area contributed by atoms with Crippen molar-refractivity contribution in [1.82, 2.24) is 9.97 Å². The van der Waals surface area contributed by atoms with E-state index < -0.39 is 17.9 Å². The van der Waals surface area contributed by atoms with Gasteiger partial charge in [-0.2, -0.15) is 0 Å². The third kappa shape index (κ3) is 5.57. The fourth-order valence-corrected chi connectivity index (χ4v) is 2.71. The van der Waals surface area contributed by atoms with E-state index in [1.807, 2.05) is 20.8 Å². The smallest absolute Gasteiger partial charge is 0.269 e. The van der Waals surface area contributed by atoms with Gasteiger partial charge in [0.05, 0.1) is 24.7 Å². The SMILES string of the molecule is COc1cc(C)nc(Nc2cc(NC(CC(C)C)C(N)=O)cnc2C(N)=O)c1. The van der Waals surface area contributed by atoms with Crippen LogP contribution in [0.2, 0.25) is 0 Å². The third-order valence-corrected chi connectivity index (χ3v) is 3.94. The molecular weight excluding hydrogens is 360 g/mol. The number of methoxy groups -OCH3 is 1. The number of hydrogen-bond acceptors (Lipinski definition) is 7. The monoisotopic (exact) mass is 386 g/mol. The van der Waals surface area contributed by atoms with Gasteiger partial charge in [-0.05, 0) is 25.3 Å². The molecule has 2 aromatic rings. The minimum Gasteiger partial charge on any atom is -0.497 e. The third-order valence-electron chi connectivity index (χ3n) is 3.94. The highest BCUT2D eigenvalue weighted by atomic mass is 16.5. The maximum atomic E-state index is 11.8. The Morgan fingerprint density at radius 1 is 1.21 bits per heavy atom. The predicted octanol–water partition coefficient (Wildman–Crippen LogP) is 1.95. The number of carbonyl (C=O) groups excluding carboxylic acids is 2. The Kier molecular flexibility index (Phi) is 6.75. The first kappa shape index (κ1) is 20.9. The van der Waals surface area contributed by atoms with Gasteiger partial charge < -0.3 is 26.8 Å². The lowest BCUT2D eigenvalue weighted by atomic mass is 10.0. The molecule has 9 nitrogen and oxygen atoms in total. The van der Waals surface area contributed by atoms with Crippen molar-refractivity contribution in [3.05, 3.63) is 35.8 Å². The average molecular weight is 386 g/mol. The number of nitrogens with one attached hydrogen (secondary N) is 2. The Labute approximate surface area is 163 Å². The topological polar surface area (TPSA) is 145 Å². The summed E-state index contributed by atoms with van der Waals surface area (Å²) in [6, 6.07) is 4.54. The molecular formula is C19H26N6O3. The van der Waals surface area contributed by atoms with Gasteiger partial charge in [0.2, 0.25) is 5.91 Å². The predicted molar refractivity (Wildman–Crippen MR) is 108 cm³/mol. The average Bonchev–Trinajstić information content (AvgIpc) is 2.60. The van der Waals surface area contributed by atoms with Gasteiger partial charge in [0, 0.05) is 17.8 Å². The number of amides is 2. The van der Waals surface area contributed by atoms with E-state index in [1.54, 1.807) is 25.3 Å². The van der Waals surface area contributed by atoms with E-state index in [2.05, 4.69) is 20.6 Å². The number of carbonyl (C=O) groups is 2. The lowest BCUT2D eigenvalue weighted by molar-refractivity contribution is -0.119. The second-order valence-electron chi connectivity index (χ2n) is 6.87. The number of pyridine rings is 2. The van der Waals surface area contributed by atoms with Crippen molar-refractivity contribution >= 4 is 29.0 Å². The minimum absolute atomic E-state index is 0.0484. The van der Waals surface area contributed by atoms with Gasteiger partial charge in [0.25, 0.3) is 5.91 Å². The molecule has 0 saturated carbocycles. The van der Waals surface area contributed by atoms with Crippen molar-refractivity contribution in [3.63, 3.8) is 0 Å². The summed E-state index contributed by atoms with van der Waals surface area (Å²) >= 11 is 0. The zero-order valence-corrected chi connectivity index (χ0v) is 16.4. The van der Waals surface area contributed by atoms with Crippen LogP contribution < -0.4 is 26.8 Å². The molecule has 150 valence electrons. The first-order valence-electron chi connectivity index (χ1n) is 8.85. The summed E-state index contributed by atoms with van der Waals surface area (Å²) in [4.78, 5) is 32.0. The van der Waals surface area contributed by atoms with Crippen molar-refractivity contribution in [2.75, 3.05) is 17.7 Å². The molecule has 0 aliphatic rings. The summed E-state index contributed by atoms with van der Waals surface area (Å²) < 4.78 is 5.24. The zero-order chi connectivity index (χ0) is 20.8. The van der Waals surface area contributed by atoms with Gasteiger partial charge >= 0.3 is 0 Å². The van der Waals surface area contributed by atoms with Gasteiger partial charge in [-0.25, -0.2) is 9.97 Å². The van der Waals surface area contributed by atoms with Crippen LogP contribution in [-0.2, 0) is 4.79 Å². The van der Waals surface area contributed by atoms with E-state index in [0.717, 1.165) is 5.69 Å². The molecule has 28 heavy (non-hydrogen) atoms. The molecule has 2 rings (SSSR count). The Bertz CT molecular complexity index is 869. The molecule has 0 spiro atoms. The van der Waals surface area contributed by atoms with E-state index in [4.69, 9.17) is 16.2 Å². The van der Waals surface area contributed by atoms with Crippen molar-refractivity contribution in [1.29, 1.82) is 0 Å². The highest BCUT2D eigenvalue weighted by Gasteiger charge is 2.19. The number of primary amides is 2. The van der Waals surface area contributed by atoms with Crippen LogP contribution in [0.25, 0.3) is 0 Å². The lowest BCUT2D eigenvalue weighted by Crippen LogP contribution is -2.36. The van der Waals surface area contributed by atoms with Crippen LogP contribution in [0.15, 0.2) is 24.4 Å². The molecule has 0 radical (unpaired) electrons. The molecule has 1 atom stereocenters. The molecule has 0 bridgehead atoms. The van der Waals surface area contributed by atoms with Crippen molar-refractivity contribution in [2.45, 2.75) is 33.2 Å². The van der Waals surface area contributed by atoms with Gasteiger partial charge in [-0.1, -0.05) is 13.8 Å². The van der Waals surface area contributed by atoms with Crippen LogP contribution in [0.1, 0.15) is 36.5 Å². The molecule has 0 aliphatic heterocycles. The largest absolute Gasteiger partial charge is 0.497 e. The number of rotatable bonds is 9. The number of anilines is 3. The van der Waals surface area contributed by atoms with Crippen LogP contribution in [0.3, 0.4) is 0 Å². The molecule has 0 saturated heterocycles. The van der Waals surface area contributed by atoms with Crippen LogP contribution in [-0.4, -0.2) is 34.9 Å². The number of nitrogens with two attached hydrogens (primary N) is 2. The Hall–Kier alpha value is -3.36. The van der Waals surface area contributed by atoms with Crippen molar-refractivity contribution < 1.29 is 14.3 Å². The van der Waals surface area contributed by atoms with Crippen molar-refractivity contribution in [2.24, 2.45) is 17.4 Å². The van der Waals surface area contributed by atoms with Crippen LogP contribution in [0.4, 0.5) is 17.2 Å². The molecule has 6 N–H and O–H groups in total. The second-order valence-corrected chi connectivity index (χ2v) is 6.87. The molecule has 0 fully saturated rings. The summed E-state index contributed by atoms with van der Waals surface area (Å²) in [6.07, 6.45) is 2.00. The summed E-state index contributed by atoms with van der Waals surface area (Å²) in [5, 5.41) is 6.10. The van der Waals surface area contributed by atoms with Gasteiger partial charge in [-0.3, -0.25) is 9.59 Å². The zero-order valence-electron chi connectivity index (χ0n) is 16.4. The summed E-state index contributed by atoms with van der Waals surface area (Å²) in [5.74, 6) is 0.189. The Morgan fingerprint density at radius 3 is 2.50 bits per heavy atom. The maximum absolute atomic E-state index is 11.8. The van der Waals surface area contributed by atoms with E-state index in [1.165, 1.54) is 6.20 Å². The Balaban J connectivity index is 2.36. The summed E-state index contributed by atoms with van der Waals surface area (Å²) in [6.45, 7) is 5.81. The fraction of sp³-hybridized carbons (Fsp3) is 0.368. The van der Waals surface area contributed by atoms with Gasteiger partial charge in [0.1, 0.15) is 17.6 Å². The van der Waals surface area contributed by atoms with Crippen LogP contribution in [0, 0.1) is 12.8 Å². The van der Waals surface area contributed by atoms with E-state index >= 15 is 0 Å². The van der Waals surface area contributed by atoms with Gasteiger partial charge in [-0.15, -0.1) is 0 Å². The molecule has 0 aliphatic carbocycles. The molecule has 9 heteroatoms. The van der Waals surface area contributed by atoms with Gasteiger partial charge in [0.15, 0.2) is 5.69 Å². The first-order valence-corrected chi connectivity index (χ1v) is 8.85. The van der Waals surface area contributed by atoms with Crippen molar-refractivity contribution in [3.8, 4) is 5.75 Å². The minimum atomic E-state index is -0.692. The molecule has 0 aromatic carbocycles. The summed E-state index contributed by atoms with van der Waals surface area (Å²) in [7, 11) is 1.55. The lowest BCUT2D eigenvalue weighted by Gasteiger charge is -2.19. The highest BCUT2D eigenvalue weighted by molar-refractivity contribution is 5.97. The molecule has 1 unspecified atom stereocenters. The highest BCUT2D eigenvalue weighted by Crippen LogP contribution is 2.25. The van der Waals surface area contributed by atoms with E-state index in [-0.39, 0.29) is 11.6 Å². The Morgan fingerprint density at radius 2 is 1.93 bits per heavy atom. The maximum Gasteiger partial charge on any atom is 0.269 e. The quantitative estimate of drug-likeness (QED) is 0.515. The second kappa shape index (κ2) is 9.03. The standard InChI is InChI=1S/C19H26N6O3/c1-10(2)5-15(18(20)26)24-12-7-14(17(19(21)27)22-9-12)25-16-8-13(28-4)6-11(3)23-16/h6-10,15,24H,5H2,1-4H3,(H2,20,26)(H2,21,27)(H,23,25). The number of aryl methyl sites for hydroxylation is 1. The van der Waals surface area contributed by atoms with Crippen LogP contribution in [0.5, 0.6) is 5.75 Å². The number of nitrogens with zero attached hydrogens (tertiary/aromatic N) is 2. The van der Waals surface area contributed by atoms with E-state index in [9.17, 15) is 9.59 Å². The number of hydrogen-bond donors (Lipinski definition) is 4. The molecule has 2 heterocycles. The number of aromatic nitrogens is 2. The van der Waals surface area contributed by atoms with Crippen LogP contribution >= 0.6 is 0 Å². The normalized spacial score (nSPS) is 11.8. The number of ether oxygens (including phenoxy) is 1.